The maximum atomic E-state index is 14.5. The third-order valence-corrected chi connectivity index (χ3v) is 5.94. The Morgan fingerprint density at radius 2 is 2.04 bits per heavy atom. The molecular formula is C20H24F3N3O2. The molecule has 1 N–H and O–H groups in total. The van der Waals surface area contributed by atoms with Crippen LogP contribution < -0.4 is 10.1 Å². The topological polar surface area (TPSA) is 56.1 Å². The zero-order valence-corrected chi connectivity index (χ0v) is 16.0. The molecule has 28 heavy (non-hydrogen) atoms. The van der Waals surface area contributed by atoms with E-state index < -0.39 is 12.4 Å². The van der Waals surface area contributed by atoms with Crippen molar-refractivity contribution in [2.24, 2.45) is 11.3 Å². The third kappa shape index (κ3) is 3.69. The second-order valence-electron chi connectivity index (χ2n) is 8.53. The lowest BCUT2D eigenvalue weighted by Gasteiger charge is -2.29. The van der Waals surface area contributed by atoms with Crippen LogP contribution in [-0.2, 0) is 4.79 Å². The fraction of sp³-hybridized carbons (Fsp3) is 0.600. The van der Waals surface area contributed by atoms with Crippen molar-refractivity contribution in [1.29, 1.82) is 0 Å². The summed E-state index contributed by atoms with van der Waals surface area (Å²) in [5.74, 6) is -0.356. The number of amides is 1. The molecule has 1 aromatic carbocycles. The highest BCUT2D eigenvalue weighted by molar-refractivity contribution is 5.92. The molecule has 5 nitrogen and oxygen atoms in total. The van der Waals surface area contributed by atoms with Gasteiger partial charge in [0.15, 0.2) is 5.82 Å². The predicted octanol–water partition coefficient (Wildman–Crippen LogP) is 5.27. The molecule has 2 saturated carbocycles. The summed E-state index contributed by atoms with van der Waals surface area (Å²) in [7, 11) is 0. The number of fused-ring (bicyclic) bond motifs is 1. The van der Waals surface area contributed by atoms with Gasteiger partial charge < -0.3 is 9.30 Å². The number of ether oxygens (including phenoxy) is 1. The Hall–Kier alpha value is -2.25. The summed E-state index contributed by atoms with van der Waals surface area (Å²) in [5.41, 5.74) is 0.309. The fourth-order valence-corrected chi connectivity index (χ4v) is 3.99. The number of imidazole rings is 1. The molecule has 0 saturated heterocycles. The van der Waals surface area contributed by atoms with Gasteiger partial charge in [0.2, 0.25) is 11.9 Å². The minimum Gasteiger partial charge on any atom is -0.435 e. The monoisotopic (exact) mass is 395 g/mol. The van der Waals surface area contributed by atoms with Crippen LogP contribution in [0.5, 0.6) is 5.75 Å². The van der Waals surface area contributed by atoms with Crippen LogP contribution in [0.2, 0.25) is 0 Å². The number of alkyl halides is 2. The van der Waals surface area contributed by atoms with Crippen LogP contribution in [0.4, 0.5) is 19.1 Å². The number of carbonyl (C=O) groups excluding carboxylic acids is 1. The maximum Gasteiger partial charge on any atom is 0.387 e. The van der Waals surface area contributed by atoms with E-state index in [1.165, 1.54) is 6.07 Å². The Kier molecular flexibility index (Phi) is 4.75. The molecule has 8 heteroatoms. The number of carbonyl (C=O) groups is 1. The number of nitrogens with one attached hydrogen (secondary N) is 1. The van der Waals surface area contributed by atoms with Crippen molar-refractivity contribution in [3.8, 4) is 5.75 Å². The Labute approximate surface area is 161 Å². The van der Waals surface area contributed by atoms with Crippen molar-refractivity contribution in [2.45, 2.75) is 65.0 Å². The van der Waals surface area contributed by atoms with Gasteiger partial charge in [0.1, 0.15) is 11.3 Å². The lowest BCUT2D eigenvalue weighted by Crippen LogP contribution is -2.26. The molecule has 2 aromatic rings. The zero-order valence-electron chi connectivity index (χ0n) is 16.0. The third-order valence-electron chi connectivity index (χ3n) is 5.94. The lowest BCUT2D eigenvalue weighted by atomic mass is 9.83. The van der Waals surface area contributed by atoms with Gasteiger partial charge in [-0.15, -0.1) is 0 Å². The predicted molar refractivity (Wildman–Crippen MR) is 99.0 cm³/mol. The molecule has 0 bridgehead atoms. The first-order valence-corrected chi connectivity index (χ1v) is 9.71. The Morgan fingerprint density at radius 1 is 1.32 bits per heavy atom. The van der Waals surface area contributed by atoms with E-state index in [9.17, 15) is 18.0 Å². The largest absolute Gasteiger partial charge is 0.435 e. The zero-order chi connectivity index (χ0) is 20.1. The first-order chi connectivity index (χ1) is 13.2. The van der Waals surface area contributed by atoms with Gasteiger partial charge in [-0.2, -0.15) is 8.78 Å². The highest BCUT2D eigenvalue weighted by Gasteiger charge is 2.39. The van der Waals surface area contributed by atoms with E-state index in [1.54, 1.807) is 4.57 Å². The Morgan fingerprint density at radius 3 is 2.61 bits per heavy atom. The minimum atomic E-state index is -3.04. The number of benzene rings is 1. The van der Waals surface area contributed by atoms with Gasteiger partial charge in [-0.25, -0.2) is 9.37 Å². The van der Waals surface area contributed by atoms with Crippen molar-refractivity contribution in [3.05, 3.63) is 17.9 Å². The number of halogens is 3. The average Bonchev–Trinajstić information content (AvgIpc) is 3.32. The van der Waals surface area contributed by atoms with E-state index in [0.29, 0.717) is 17.9 Å². The maximum absolute atomic E-state index is 14.5. The summed E-state index contributed by atoms with van der Waals surface area (Å²) in [5, 5.41) is 2.83. The summed E-state index contributed by atoms with van der Waals surface area (Å²) >= 11 is 0. The van der Waals surface area contributed by atoms with Crippen molar-refractivity contribution >= 4 is 22.9 Å². The van der Waals surface area contributed by atoms with Crippen LogP contribution in [0.1, 0.15) is 58.4 Å². The van der Waals surface area contributed by atoms with Crippen molar-refractivity contribution in [3.63, 3.8) is 0 Å². The molecule has 1 aromatic heterocycles. The highest BCUT2D eigenvalue weighted by Crippen LogP contribution is 2.47. The van der Waals surface area contributed by atoms with Crippen LogP contribution in [-0.4, -0.2) is 22.1 Å². The van der Waals surface area contributed by atoms with Gasteiger partial charge >= 0.3 is 6.61 Å². The van der Waals surface area contributed by atoms with Gasteiger partial charge in [0.25, 0.3) is 0 Å². The number of nitrogens with zero attached hydrogens (tertiary/aromatic N) is 2. The highest BCUT2D eigenvalue weighted by atomic mass is 19.3. The number of rotatable bonds is 7. The Bertz CT molecular complexity index is 902. The molecule has 0 unspecified atom stereocenters. The van der Waals surface area contributed by atoms with E-state index in [0.717, 1.165) is 38.2 Å². The minimum absolute atomic E-state index is 0.0465. The van der Waals surface area contributed by atoms with Crippen molar-refractivity contribution < 1.29 is 22.7 Å². The molecule has 1 amide bonds. The smallest absolute Gasteiger partial charge is 0.387 e. The summed E-state index contributed by atoms with van der Waals surface area (Å²) in [6.07, 6.45) is 5.38. The van der Waals surface area contributed by atoms with Gasteiger partial charge in [0, 0.05) is 24.6 Å². The molecule has 0 spiro atoms. The molecule has 0 aliphatic heterocycles. The molecular weight excluding hydrogens is 371 g/mol. The van der Waals surface area contributed by atoms with Crippen molar-refractivity contribution in [2.75, 3.05) is 5.32 Å². The second kappa shape index (κ2) is 6.97. The molecule has 4 rings (SSSR count). The van der Waals surface area contributed by atoms with E-state index in [4.69, 9.17) is 0 Å². The number of hydrogen-bond acceptors (Lipinski definition) is 3. The first kappa shape index (κ1) is 19.1. The quantitative estimate of drug-likeness (QED) is 0.695. The van der Waals surface area contributed by atoms with Gasteiger partial charge in [-0.1, -0.05) is 13.8 Å². The number of aromatic nitrogens is 2. The summed E-state index contributed by atoms with van der Waals surface area (Å²) in [6.45, 7) is 1.11. The first-order valence-electron chi connectivity index (χ1n) is 9.71. The molecule has 1 heterocycles. The van der Waals surface area contributed by atoms with E-state index in [-0.39, 0.29) is 34.6 Å². The van der Waals surface area contributed by atoms with Crippen molar-refractivity contribution in [1.82, 2.24) is 9.55 Å². The van der Waals surface area contributed by atoms with E-state index >= 15 is 0 Å². The average molecular weight is 395 g/mol. The summed E-state index contributed by atoms with van der Waals surface area (Å²) < 4.78 is 45.8. The van der Waals surface area contributed by atoms with Gasteiger partial charge in [-0.3, -0.25) is 10.1 Å². The number of anilines is 1. The second-order valence-corrected chi connectivity index (χ2v) is 8.53. The summed E-state index contributed by atoms with van der Waals surface area (Å²) in [6, 6.07) is 2.31. The molecule has 2 fully saturated rings. The van der Waals surface area contributed by atoms with Crippen LogP contribution >= 0.6 is 0 Å². The molecule has 0 atom stereocenters. The Balaban J connectivity index is 1.66. The van der Waals surface area contributed by atoms with E-state index in [2.05, 4.69) is 28.9 Å². The molecule has 0 radical (unpaired) electrons. The normalized spacial score (nSPS) is 17.8. The van der Waals surface area contributed by atoms with Crippen LogP contribution in [0.3, 0.4) is 0 Å². The van der Waals surface area contributed by atoms with Crippen LogP contribution in [0.15, 0.2) is 12.1 Å². The van der Waals surface area contributed by atoms with Gasteiger partial charge in [-0.05, 0) is 43.4 Å². The molecule has 2 aliphatic rings. The fourth-order valence-electron chi connectivity index (χ4n) is 3.99. The van der Waals surface area contributed by atoms with Crippen LogP contribution in [0.25, 0.3) is 11.0 Å². The summed E-state index contributed by atoms with van der Waals surface area (Å²) in [4.78, 5) is 16.9. The number of hydrogen-bond donors (Lipinski definition) is 1. The molecule has 2 aliphatic carbocycles. The lowest BCUT2D eigenvalue weighted by molar-refractivity contribution is -0.118. The standard InChI is InChI=1S/C20H24F3N3O2/c1-20(2,11-6-7-11)10-16(27)24-19-25-17-14(21)8-13(28-18(22)23)9-15(17)26(19)12-4-3-5-12/h8-9,11-12,18H,3-7,10H2,1-2H3,(H,24,25,27). The molecule has 152 valence electrons. The SMILES string of the molecule is CC(C)(CC(=O)Nc1nc2c(F)cc(OC(F)F)cc2n1C1CCC1)C1CC1. The van der Waals surface area contributed by atoms with E-state index in [1.807, 2.05) is 0 Å². The van der Waals surface area contributed by atoms with Crippen LogP contribution in [0, 0.1) is 17.2 Å². The van der Waals surface area contributed by atoms with Gasteiger partial charge in [0.05, 0.1) is 5.52 Å².